The monoisotopic (exact) mass is 453 g/mol. The van der Waals surface area contributed by atoms with Crippen LogP contribution in [0.1, 0.15) is 22.3 Å². The van der Waals surface area contributed by atoms with Gasteiger partial charge in [-0.25, -0.2) is 9.59 Å². The van der Waals surface area contributed by atoms with Crippen molar-refractivity contribution in [3.8, 4) is 6.07 Å². The smallest absolute Gasteiger partial charge is 0.408 e. The van der Waals surface area contributed by atoms with Crippen molar-refractivity contribution in [1.29, 1.82) is 5.26 Å². The number of nitrogens with one attached hydrogen (secondary N) is 1. The molecule has 0 bridgehead atoms. The van der Waals surface area contributed by atoms with Crippen LogP contribution in [0.15, 0.2) is 91.3 Å². The number of carbonyl (C=O) groups is 2. The number of esters is 1. The van der Waals surface area contributed by atoms with Crippen molar-refractivity contribution in [3.63, 3.8) is 0 Å². The lowest BCUT2D eigenvalue weighted by atomic mass is 10.1. The highest BCUT2D eigenvalue weighted by Crippen LogP contribution is 2.19. The molecule has 34 heavy (non-hydrogen) atoms. The minimum absolute atomic E-state index is 0.0859. The first-order chi connectivity index (χ1) is 16.6. The van der Waals surface area contributed by atoms with Gasteiger partial charge in [0.05, 0.1) is 11.1 Å². The maximum Gasteiger partial charge on any atom is 0.408 e. The average molecular weight is 453 g/mol. The molecule has 0 aliphatic carbocycles. The number of benzene rings is 2. The van der Waals surface area contributed by atoms with Gasteiger partial charge in [0.1, 0.15) is 25.3 Å². The summed E-state index contributed by atoms with van der Waals surface area (Å²) in [5, 5.41) is 12.2. The van der Waals surface area contributed by atoms with Crippen molar-refractivity contribution < 1.29 is 19.1 Å². The van der Waals surface area contributed by atoms with Crippen LogP contribution in [0.5, 0.6) is 0 Å². The van der Waals surface area contributed by atoms with Crippen LogP contribution in [0.25, 0.3) is 5.52 Å². The number of ether oxygens (including phenoxy) is 2. The van der Waals surface area contributed by atoms with E-state index in [1.165, 1.54) is 0 Å². The number of rotatable bonds is 8. The molecule has 0 radical (unpaired) electrons. The summed E-state index contributed by atoms with van der Waals surface area (Å²) in [6.07, 6.45) is 3.11. The minimum atomic E-state index is -0.951. The number of nitriles is 1. The molecular weight excluding hydrogens is 430 g/mol. The Hall–Kier alpha value is -4.57. The summed E-state index contributed by atoms with van der Waals surface area (Å²) < 4.78 is 12.6. The van der Waals surface area contributed by atoms with Gasteiger partial charge in [-0.1, -0.05) is 66.7 Å². The molecule has 7 nitrogen and oxygen atoms in total. The predicted molar refractivity (Wildman–Crippen MR) is 126 cm³/mol. The average Bonchev–Trinajstić information content (AvgIpc) is 3.24. The molecule has 0 aliphatic rings. The number of aromatic nitrogens is 1. The molecule has 1 N–H and O–H groups in total. The van der Waals surface area contributed by atoms with Crippen LogP contribution in [0.2, 0.25) is 0 Å². The summed E-state index contributed by atoms with van der Waals surface area (Å²) in [4.78, 5) is 25.4. The van der Waals surface area contributed by atoms with Crippen molar-refractivity contribution in [2.75, 3.05) is 0 Å². The van der Waals surface area contributed by atoms with Crippen LogP contribution in [0.3, 0.4) is 0 Å². The lowest BCUT2D eigenvalue weighted by Crippen LogP contribution is -2.43. The lowest BCUT2D eigenvalue weighted by Gasteiger charge is -2.18. The fraction of sp³-hybridized carbons (Fsp3) is 0.148. The molecule has 0 aliphatic heterocycles. The van der Waals surface area contributed by atoms with Gasteiger partial charge in [0.25, 0.3) is 0 Å². The van der Waals surface area contributed by atoms with E-state index in [0.717, 1.165) is 16.6 Å². The molecule has 4 aromatic rings. The first-order valence-electron chi connectivity index (χ1n) is 10.8. The summed E-state index contributed by atoms with van der Waals surface area (Å²) >= 11 is 0. The molecular formula is C27H23N3O4. The minimum Gasteiger partial charge on any atom is -0.459 e. The number of hydrogen-bond acceptors (Lipinski definition) is 5. The van der Waals surface area contributed by atoms with E-state index in [0.29, 0.717) is 11.1 Å². The highest BCUT2D eigenvalue weighted by Gasteiger charge is 2.24. The van der Waals surface area contributed by atoms with Crippen molar-refractivity contribution in [2.24, 2.45) is 0 Å². The highest BCUT2D eigenvalue weighted by molar-refractivity contribution is 5.81. The molecule has 0 fully saturated rings. The zero-order chi connectivity index (χ0) is 23.8. The van der Waals surface area contributed by atoms with Gasteiger partial charge in [-0.3, -0.25) is 0 Å². The van der Waals surface area contributed by atoms with Crippen LogP contribution in [0, 0.1) is 11.3 Å². The SMILES string of the molecule is N#Cc1c(COC(=O)[C@H](Cc2ccccc2)NC(=O)OCc2ccccc2)cn2ccccc12. The number of alkyl carbamates (subject to hydrolysis) is 1. The fourth-order valence-corrected chi connectivity index (χ4v) is 3.62. The molecule has 0 spiro atoms. The van der Waals surface area contributed by atoms with Crippen molar-refractivity contribution in [1.82, 2.24) is 9.72 Å². The first kappa shape index (κ1) is 22.6. The molecule has 0 unspecified atom stereocenters. The van der Waals surface area contributed by atoms with Gasteiger partial charge >= 0.3 is 12.1 Å². The number of nitrogens with zero attached hydrogens (tertiary/aromatic N) is 2. The van der Waals surface area contributed by atoms with E-state index in [-0.39, 0.29) is 19.6 Å². The second kappa shape index (κ2) is 10.8. The Labute approximate surface area is 197 Å². The van der Waals surface area contributed by atoms with Crippen molar-refractivity contribution in [2.45, 2.75) is 25.7 Å². The molecule has 2 aromatic heterocycles. The number of pyridine rings is 1. The second-order valence-electron chi connectivity index (χ2n) is 7.69. The van der Waals surface area contributed by atoms with Gasteiger partial charge in [-0.05, 0) is 23.3 Å². The number of carbonyl (C=O) groups excluding carboxylic acids is 2. The maximum atomic E-state index is 13.0. The molecule has 1 atom stereocenters. The van der Waals surface area contributed by atoms with E-state index < -0.39 is 18.1 Å². The van der Waals surface area contributed by atoms with Gasteiger partial charge < -0.3 is 19.2 Å². The molecule has 170 valence electrons. The van der Waals surface area contributed by atoms with Gasteiger partial charge in [0.15, 0.2) is 0 Å². The Balaban J connectivity index is 1.44. The third-order valence-electron chi connectivity index (χ3n) is 5.32. The van der Waals surface area contributed by atoms with E-state index in [9.17, 15) is 14.9 Å². The Kier molecular flexibility index (Phi) is 7.21. The summed E-state index contributed by atoms with van der Waals surface area (Å²) in [7, 11) is 0. The number of fused-ring (bicyclic) bond motifs is 1. The summed E-state index contributed by atoms with van der Waals surface area (Å²) in [6.45, 7) is -0.00191. The molecule has 4 rings (SSSR count). The predicted octanol–water partition coefficient (Wildman–Crippen LogP) is 4.39. The van der Waals surface area contributed by atoms with Crippen molar-refractivity contribution >= 4 is 17.6 Å². The molecule has 7 heteroatoms. The van der Waals surface area contributed by atoms with E-state index >= 15 is 0 Å². The molecule has 0 saturated heterocycles. The fourth-order valence-electron chi connectivity index (χ4n) is 3.62. The standard InChI is InChI=1S/C27H23N3O4/c28-16-23-22(17-30-14-8-7-13-25(23)30)19-33-26(31)24(15-20-9-3-1-4-10-20)29-27(32)34-18-21-11-5-2-6-12-21/h1-14,17,24H,15,18-19H2,(H,29,32)/t24-/m0/s1. The van der Waals surface area contributed by atoms with Crippen LogP contribution in [-0.4, -0.2) is 22.5 Å². The quantitative estimate of drug-likeness (QED) is 0.400. The lowest BCUT2D eigenvalue weighted by molar-refractivity contribution is -0.147. The molecule has 2 heterocycles. The summed E-state index contributed by atoms with van der Waals surface area (Å²) in [5.74, 6) is -0.611. The third-order valence-corrected chi connectivity index (χ3v) is 5.32. The third kappa shape index (κ3) is 5.61. The number of amides is 1. The maximum absolute atomic E-state index is 13.0. The molecule has 1 amide bonds. The first-order valence-corrected chi connectivity index (χ1v) is 10.8. The zero-order valence-electron chi connectivity index (χ0n) is 18.4. The number of hydrogen-bond donors (Lipinski definition) is 1. The van der Waals surface area contributed by atoms with Crippen LogP contribution in [0.4, 0.5) is 4.79 Å². The topological polar surface area (TPSA) is 92.8 Å². The zero-order valence-corrected chi connectivity index (χ0v) is 18.4. The normalized spacial score (nSPS) is 11.4. The summed E-state index contributed by atoms with van der Waals surface area (Å²) in [5.41, 5.74) is 3.47. The Bertz CT molecular complexity index is 1310. The Morgan fingerprint density at radius 1 is 0.882 bits per heavy atom. The Morgan fingerprint density at radius 3 is 2.26 bits per heavy atom. The molecule has 0 saturated carbocycles. The Morgan fingerprint density at radius 2 is 1.56 bits per heavy atom. The molecule has 2 aromatic carbocycles. The van der Waals surface area contributed by atoms with Gasteiger partial charge in [0.2, 0.25) is 0 Å². The van der Waals surface area contributed by atoms with Crippen LogP contribution < -0.4 is 5.32 Å². The van der Waals surface area contributed by atoms with Gasteiger partial charge in [-0.2, -0.15) is 5.26 Å². The largest absolute Gasteiger partial charge is 0.459 e. The summed E-state index contributed by atoms with van der Waals surface area (Å²) in [6, 6.07) is 25.3. The van der Waals surface area contributed by atoms with Gasteiger partial charge in [0, 0.05) is 24.4 Å². The van der Waals surface area contributed by atoms with E-state index in [2.05, 4.69) is 11.4 Å². The van der Waals surface area contributed by atoms with E-state index in [1.54, 1.807) is 6.20 Å². The highest BCUT2D eigenvalue weighted by atomic mass is 16.6. The van der Waals surface area contributed by atoms with Crippen LogP contribution in [-0.2, 0) is 33.9 Å². The second-order valence-corrected chi connectivity index (χ2v) is 7.69. The van der Waals surface area contributed by atoms with E-state index in [1.807, 2.05) is 89.5 Å². The van der Waals surface area contributed by atoms with E-state index in [4.69, 9.17) is 9.47 Å². The van der Waals surface area contributed by atoms with Crippen molar-refractivity contribution in [3.05, 3.63) is 114 Å². The van der Waals surface area contributed by atoms with Gasteiger partial charge in [-0.15, -0.1) is 0 Å². The van der Waals surface area contributed by atoms with Crippen LogP contribution >= 0.6 is 0 Å².